The van der Waals surface area contributed by atoms with Gasteiger partial charge < -0.3 is 10.4 Å². The second kappa shape index (κ2) is 7.90. The quantitative estimate of drug-likeness (QED) is 0.688. The van der Waals surface area contributed by atoms with Crippen LogP contribution in [0.1, 0.15) is 31.1 Å². The topological polar surface area (TPSA) is 61.4 Å². The van der Waals surface area contributed by atoms with Gasteiger partial charge in [-0.15, -0.1) is 0 Å². The zero-order chi connectivity index (χ0) is 16.7. The summed E-state index contributed by atoms with van der Waals surface area (Å²) in [4.78, 5) is 11.6. The van der Waals surface area contributed by atoms with E-state index in [0.717, 1.165) is 11.1 Å². The van der Waals surface area contributed by atoms with Gasteiger partial charge in [0.15, 0.2) is 0 Å². The lowest BCUT2D eigenvalue weighted by Gasteiger charge is -2.33. The van der Waals surface area contributed by atoms with Gasteiger partial charge >= 0.3 is 0 Å². The Morgan fingerprint density at radius 1 is 1.09 bits per heavy atom. The molecule has 0 saturated heterocycles. The molecule has 2 atom stereocenters. The summed E-state index contributed by atoms with van der Waals surface area (Å²) in [6, 6.07) is 19.4. The van der Waals surface area contributed by atoms with Gasteiger partial charge in [0.2, 0.25) is 5.91 Å². The lowest BCUT2D eigenvalue weighted by molar-refractivity contribution is -0.121. The summed E-state index contributed by atoms with van der Waals surface area (Å²) in [6.07, 6.45) is 0.00891. The van der Waals surface area contributed by atoms with E-state index in [1.165, 1.54) is 6.92 Å². The average Bonchev–Trinajstić information content (AvgIpc) is 2.53. The van der Waals surface area contributed by atoms with Crippen LogP contribution in [0.4, 0.5) is 0 Å². The predicted molar refractivity (Wildman–Crippen MR) is 91.8 cm³/mol. The van der Waals surface area contributed by atoms with Gasteiger partial charge in [-0.05, 0) is 18.1 Å². The molecule has 2 rings (SSSR count). The van der Waals surface area contributed by atoms with Crippen LogP contribution in [0.25, 0.3) is 0 Å². The maximum Gasteiger partial charge on any atom is 0.218 e. The SMILES string of the molecule is CC(=O)NC(C)(Cc1ccccc1)NCC(O)c1ccccc1. The average molecular weight is 312 g/mol. The van der Waals surface area contributed by atoms with E-state index in [2.05, 4.69) is 10.6 Å². The van der Waals surface area contributed by atoms with Gasteiger partial charge in [0.25, 0.3) is 0 Å². The number of aliphatic hydroxyl groups is 1. The van der Waals surface area contributed by atoms with Crippen molar-refractivity contribution in [1.29, 1.82) is 0 Å². The second-order valence-corrected chi connectivity index (χ2v) is 5.98. The highest BCUT2D eigenvalue weighted by molar-refractivity contribution is 5.73. The first-order chi connectivity index (χ1) is 11.0. The number of carbonyl (C=O) groups excluding carboxylic acids is 1. The number of hydrogen-bond donors (Lipinski definition) is 3. The summed E-state index contributed by atoms with van der Waals surface area (Å²) >= 11 is 0. The highest BCUT2D eigenvalue weighted by Crippen LogP contribution is 2.15. The number of aliphatic hydroxyl groups excluding tert-OH is 1. The van der Waals surface area contributed by atoms with Crippen LogP contribution in [0, 0.1) is 0 Å². The van der Waals surface area contributed by atoms with Crippen LogP contribution in [-0.2, 0) is 11.2 Å². The van der Waals surface area contributed by atoms with Crippen molar-refractivity contribution in [3.05, 3.63) is 71.8 Å². The molecule has 0 aliphatic rings. The first-order valence-electron chi connectivity index (χ1n) is 7.79. The Labute approximate surface area is 137 Å². The normalized spacial score (nSPS) is 14.7. The minimum Gasteiger partial charge on any atom is -0.387 e. The van der Waals surface area contributed by atoms with Gasteiger partial charge in [-0.2, -0.15) is 0 Å². The Hall–Kier alpha value is -2.17. The molecule has 0 spiro atoms. The molecule has 1 amide bonds. The maximum absolute atomic E-state index is 11.6. The summed E-state index contributed by atoms with van der Waals surface area (Å²) < 4.78 is 0. The molecule has 0 bridgehead atoms. The Bertz CT molecular complexity index is 616. The first kappa shape index (κ1) is 17.2. The van der Waals surface area contributed by atoms with Gasteiger partial charge in [-0.1, -0.05) is 60.7 Å². The molecule has 23 heavy (non-hydrogen) atoms. The van der Waals surface area contributed by atoms with Crippen molar-refractivity contribution < 1.29 is 9.90 Å². The maximum atomic E-state index is 11.6. The molecule has 0 heterocycles. The number of rotatable bonds is 7. The summed E-state index contributed by atoms with van der Waals surface area (Å²) in [5.74, 6) is -0.106. The van der Waals surface area contributed by atoms with Crippen LogP contribution in [0.5, 0.6) is 0 Å². The molecule has 2 aromatic carbocycles. The third-order valence-corrected chi connectivity index (χ3v) is 3.72. The van der Waals surface area contributed by atoms with Crippen LogP contribution in [0.3, 0.4) is 0 Å². The van der Waals surface area contributed by atoms with Crippen molar-refractivity contribution in [3.63, 3.8) is 0 Å². The summed E-state index contributed by atoms with van der Waals surface area (Å²) in [5.41, 5.74) is 1.35. The standard InChI is InChI=1S/C19H24N2O2/c1-15(22)21-19(2,13-16-9-5-3-6-10-16)20-14-18(23)17-11-7-4-8-12-17/h3-12,18,20,23H,13-14H2,1-2H3,(H,21,22). The monoisotopic (exact) mass is 312 g/mol. The van der Waals surface area contributed by atoms with Gasteiger partial charge in [0, 0.05) is 19.9 Å². The first-order valence-corrected chi connectivity index (χ1v) is 7.79. The lowest BCUT2D eigenvalue weighted by atomic mass is 10.00. The largest absolute Gasteiger partial charge is 0.387 e. The fourth-order valence-electron chi connectivity index (χ4n) is 2.66. The van der Waals surface area contributed by atoms with E-state index in [4.69, 9.17) is 0 Å². The molecule has 122 valence electrons. The number of nitrogens with one attached hydrogen (secondary N) is 2. The van der Waals surface area contributed by atoms with Gasteiger partial charge in [0.05, 0.1) is 11.8 Å². The van der Waals surface area contributed by atoms with Crippen LogP contribution in [-0.4, -0.2) is 23.2 Å². The molecule has 0 aromatic heterocycles. The molecule has 0 saturated carbocycles. The van der Waals surface area contributed by atoms with Crippen LogP contribution in [0.15, 0.2) is 60.7 Å². The fraction of sp³-hybridized carbons (Fsp3) is 0.316. The van der Waals surface area contributed by atoms with Gasteiger partial charge in [-0.25, -0.2) is 0 Å². The summed E-state index contributed by atoms with van der Waals surface area (Å²) in [7, 11) is 0. The van der Waals surface area contributed by atoms with Crippen molar-refractivity contribution in [1.82, 2.24) is 10.6 Å². The van der Waals surface area contributed by atoms with E-state index in [-0.39, 0.29) is 5.91 Å². The van der Waals surface area contributed by atoms with E-state index in [0.29, 0.717) is 13.0 Å². The van der Waals surface area contributed by atoms with Crippen molar-refractivity contribution >= 4 is 5.91 Å². The van der Waals surface area contributed by atoms with E-state index < -0.39 is 11.8 Å². The Kier molecular flexibility index (Phi) is 5.90. The number of carbonyl (C=O) groups is 1. The molecule has 2 aromatic rings. The van der Waals surface area contributed by atoms with Gasteiger partial charge in [-0.3, -0.25) is 10.1 Å². The summed E-state index contributed by atoms with van der Waals surface area (Å²) in [5, 5.41) is 16.6. The molecule has 0 radical (unpaired) electrons. The third kappa shape index (κ3) is 5.51. The van der Waals surface area contributed by atoms with Gasteiger partial charge in [0.1, 0.15) is 0 Å². The minimum absolute atomic E-state index is 0.106. The van der Waals surface area contributed by atoms with Crippen molar-refractivity contribution in [2.45, 2.75) is 32.0 Å². The molecule has 0 aliphatic carbocycles. The van der Waals surface area contributed by atoms with Crippen LogP contribution < -0.4 is 10.6 Å². The molecule has 2 unspecified atom stereocenters. The van der Waals surface area contributed by atoms with E-state index >= 15 is 0 Å². The number of benzene rings is 2. The fourth-order valence-corrected chi connectivity index (χ4v) is 2.66. The zero-order valence-electron chi connectivity index (χ0n) is 13.6. The Balaban J connectivity index is 2.04. The molecule has 0 aliphatic heterocycles. The van der Waals surface area contributed by atoms with E-state index in [1.54, 1.807) is 0 Å². The van der Waals surface area contributed by atoms with E-state index in [9.17, 15) is 9.90 Å². The molecule has 4 nitrogen and oxygen atoms in total. The highest BCUT2D eigenvalue weighted by atomic mass is 16.3. The summed E-state index contributed by atoms with van der Waals surface area (Å²) in [6.45, 7) is 3.78. The van der Waals surface area contributed by atoms with Crippen molar-refractivity contribution in [3.8, 4) is 0 Å². The molecular formula is C19H24N2O2. The lowest BCUT2D eigenvalue weighted by Crippen LogP contribution is -2.58. The van der Waals surface area contributed by atoms with Crippen LogP contribution in [0.2, 0.25) is 0 Å². The van der Waals surface area contributed by atoms with Crippen LogP contribution >= 0.6 is 0 Å². The Morgan fingerprint density at radius 2 is 1.65 bits per heavy atom. The number of amides is 1. The zero-order valence-corrected chi connectivity index (χ0v) is 13.6. The molecule has 3 N–H and O–H groups in total. The van der Waals surface area contributed by atoms with Crippen molar-refractivity contribution in [2.24, 2.45) is 0 Å². The second-order valence-electron chi connectivity index (χ2n) is 5.98. The smallest absolute Gasteiger partial charge is 0.218 e. The predicted octanol–water partition coefficient (Wildman–Crippen LogP) is 2.40. The molecular weight excluding hydrogens is 288 g/mol. The molecule has 4 heteroatoms. The van der Waals surface area contributed by atoms with Crippen molar-refractivity contribution in [2.75, 3.05) is 6.54 Å². The van der Waals surface area contributed by atoms with E-state index in [1.807, 2.05) is 67.6 Å². The third-order valence-electron chi connectivity index (χ3n) is 3.72. The highest BCUT2D eigenvalue weighted by Gasteiger charge is 2.26. The number of hydrogen-bond acceptors (Lipinski definition) is 3. The Morgan fingerprint density at radius 3 is 2.22 bits per heavy atom. The minimum atomic E-state index is -0.625. The molecule has 0 fully saturated rings.